The number of aromatic nitrogens is 4. The lowest BCUT2D eigenvalue weighted by atomic mass is 10.1. The Bertz CT molecular complexity index is 937. The lowest BCUT2D eigenvalue weighted by Gasteiger charge is -2.17. The summed E-state index contributed by atoms with van der Waals surface area (Å²) in [5, 5.41) is 15.5. The fourth-order valence-electron chi connectivity index (χ4n) is 3.20. The summed E-state index contributed by atoms with van der Waals surface area (Å²) < 4.78 is 1.72. The summed E-state index contributed by atoms with van der Waals surface area (Å²) >= 11 is 1.37. The van der Waals surface area contributed by atoms with Gasteiger partial charge in [-0.25, -0.2) is 0 Å². The van der Waals surface area contributed by atoms with Crippen molar-refractivity contribution < 1.29 is 4.79 Å². The van der Waals surface area contributed by atoms with E-state index in [1.807, 2.05) is 64.1 Å². The number of hydrogen-bond donors (Lipinski definition) is 1. The zero-order valence-electron chi connectivity index (χ0n) is 17.3. The molecule has 0 spiro atoms. The number of para-hydroxylation sites is 1. The summed E-state index contributed by atoms with van der Waals surface area (Å²) in [6.45, 7) is 7.98. The second-order valence-corrected chi connectivity index (χ2v) is 8.62. The van der Waals surface area contributed by atoms with Crippen LogP contribution in [0.4, 0.5) is 0 Å². The zero-order valence-corrected chi connectivity index (χ0v) is 18.1. The molecule has 1 N–H and O–H groups in total. The van der Waals surface area contributed by atoms with Crippen LogP contribution in [0.2, 0.25) is 0 Å². The molecule has 7 heteroatoms. The Balaban J connectivity index is 1.60. The van der Waals surface area contributed by atoms with Gasteiger partial charge in [-0.05, 0) is 67.7 Å². The molecule has 0 aliphatic heterocycles. The average molecular weight is 410 g/mol. The fourth-order valence-corrected chi connectivity index (χ4v) is 4.01. The molecule has 0 radical (unpaired) electrons. The van der Waals surface area contributed by atoms with Crippen molar-refractivity contribution in [2.75, 3.05) is 0 Å². The number of thioether (sulfide) groups is 1. The van der Waals surface area contributed by atoms with Crippen LogP contribution in [0.3, 0.4) is 0 Å². The van der Waals surface area contributed by atoms with Crippen molar-refractivity contribution in [2.45, 2.75) is 57.0 Å². The highest BCUT2D eigenvalue weighted by molar-refractivity contribution is 8.00. The highest BCUT2D eigenvalue weighted by atomic mass is 32.2. The third-order valence-electron chi connectivity index (χ3n) is 4.84. The number of carbonyl (C=O) groups is 1. The number of nitrogens with one attached hydrogen (secondary N) is 1. The first-order valence-electron chi connectivity index (χ1n) is 9.81. The zero-order chi connectivity index (χ0) is 20.8. The van der Waals surface area contributed by atoms with E-state index in [9.17, 15) is 4.79 Å². The molecule has 0 aliphatic rings. The fraction of sp³-hybridized carbons (Fsp3) is 0.364. The number of tetrazole rings is 1. The van der Waals surface area contributed by atoms with E-state index in [1.165, 1.54) is 17.3 Å². The Labute approximate surface area is 176 Å². The molecule has 0 saturated heterocycles. The van der Waals surface area contributed by atoms with Crippen LogP contribution in [0.25, 0.3) is 5.69 Å². The molecule has 2 aromatic carbocycles. The summed E-state index contributed by atoms with van der Waals surface area (Å²) in [5.41, 5.74) is 4.42. The molecule has 1 amide bonds. The predicted molar refractivity (Wildman–Crippen MR) is 116 cm³/mol. The van der Waals surface area contributed by atoms with Gasteiger partial charge >= 0.3 is 0 Å². The summed E-state index contributed by atoms with van der Waals surface area (Å²) in [4.78, 5) is 12.7. The summed E-state index contributed by atoms with van der Waals surface area (Å²) in [7, 11) is 0. The van der Waals surface area contributed by atoms with Crippen molar-refractivity contribution in [1.29, 1.82) is 0 Å². The van der Waals surface area contributed by atoms with Crippen molar-refractivity contribution in [1.82, 2.24) is 25.5 Å². The second kappa shape index (κ2) is 9.69. The van der Waals surface area contributed by atoms with Gasteiger partial charge in [-0.15, -0.1) is 5.10 Å². The quantitative estimate of drug-likeness (QED) is 0.571. The van der Waals surface area contributed by atoms with Crippen LogP contribution >= 0.6 is 11.8 Å². The van der Waals surface area contributed by atoms with Crippen LogP contribution in [0.15, 0.2) is 53.7 Å². The minimum Gasteiger partial charge on any atom is -0.353 e. The van der Waals surface area contributed by atoms with Crippen LogP contribution < -0.4 is 5.32 Å². The van der Waals surface area contributed by atoms with Gasteiger partial charge < -0.3 is 5.32 Å². The molecule has 2 atom stereocenters. The molecule has 152 valence electrons. The van der Waals surface area contributed by atoms with Gasteiger partial charge in [0.15, 0.2) is 0 Å². The van der Waals surface area contributed by atoms with Crippen LogP contribution in [0.1, 0.15) is 37.0 Å². The van der Waals surface area contributed by atoms with E-state index >= 15 is 0 Å². The molecule has 3 rings (SSSR count). The second-order valence-electron chi connectivity index (χ2n) is 7.31. The van der Waals surface area contributed by atoms with E-state index in [0.717, 1.165) is 29.7 Å². The molecule has 0 fully saturated rings. The summed E-state index contributed by atoms with van der Waals surface area (Å²) in [6.07, 6.45) is 1.84. The Morgan fingerprint density at radius 2 is 1.76 bits per heavy atom. The number of aryl methyl sites for hydroxylation is 3. The first-order valence-corrected chi connectivity index (χ1v) is 10.7. The molecule has 1 heterocycles. The normalized spacial score (nSPS) is 13.1. The number of benzene rings is 2. The Kier molecular flexibility index (Phi) is 7.04. The topological polar surface area (TPSA) is 72.7 Å². The average Bonchev–Trinajstić information content (AvgIpc) is 3.14. The van der Waals surface area contributed by atoms with Crippen LogP contribution in [-0.4, -0.2) is 37.4 Å². The lowest BCUT2D eigenvalue weighted by molar-refractivity contribution is -0.120. The van der Waals surface area contributed by atoms with Crippen molar-refractivity contribution in [3.63, 3.8) is 0 Å². The number of hydrogen-bond acceptors (Lipinski definition) is 5. The lowest BCUT2D eigenvalue weighted by Crippen LogP contribution is -2.38. The van der Waals surface area contributed by atoms with Gasteiger partial charge in [0, 0.05) is 6.04 Å². The molecule has 0 saturated carbocycles. The SMILES string of the molecule is Cc1cccc(C)c1-n1nnnc1S[C@H](C)C(=O)N[C@@H](C)CCc1ccccc1. The van der Waals surface area contributed by atoms with Crippen molar-refractivity contribution in [3.05, 3.63) is 65.2 Å². The smallest absolute Gasteiger partial charge is 0.233 e. The van der Waals surface area contributed by atoms with Crippen LogP contribution in [0.5, 0.6) is 0 Å². The maximum atomic E-state index is 12.7. The van der Waals surface area contributed by atoms with Gasteiger partial charge in [0.25, 0.3) is 0 Å². The molecule has 1 aromatic heterocycles. The predicted octanol–water partition coefficient (Wildman–Crippen LogP) is 3.90. The number of rotatable bonds is 8. The van der Waals surface area contributed by atoms with Crippen LogP contribution in [-0.2, 0) is 11.2 Å². The highest BCUT2D eigenvalue weighted by Crippen LogP contribution is 2.26. The standard InChI is InChI=1S/C22H27N5OS/c1-15-9-8-10-16(2)20(15)27-22(24-25-26-27)29-18(4)21(28)23-17(3)13-14-19-11-6-5-7-12-19/h5-12,17-18H,13-14H2,1-4H3,(H,23,28)/t17-,18+/m0/s1. The Morgan fingerprint density at radius 3 is 2.45 bits per heavy atom. The molecule has 0 aliphatic carbocycles. The summed E-state index contributed by atoms with van der Waals surface area (Å²) in [5.74, 6) is -0.00776. The largest absolute Gasteiger partial charge is 0.353 e. The maximum absolute atomic E-state index is 12.7. The first kappa shape index (κ1) is 21.0. The first-order chi connectivity index (χ1) is 14.0. The van der Waals surface area contributed by atoms with Gasteiger partial charge in [0.2, 0.25) is 11.1 Å². The van der Waals surface area contributed by atoms with Gasteiger partial charge in [-0.2, -0.15) is 4.68 Å². The van der Waals surface area contributed by atoms with E-state index in [-0.39, 0.29) is 17.2 Å². The summed E-state index contributed by atoms with van der Waals surface area (Å²) in [6, 6.07) is 16.5. The van der Waals surface area contributed by atoms with Gasteiger partial charge in [-0.1, -0.05) is 60.3 Å². The number of carbonyl (C=O) groups excluding carboxylic acids is 1. The van der Waals surface area contributed by atoms with E-state index in [1.54, 1.807) is 4.68 Å². The Hall–Kier alpha value is -2.67. The molecular weight excluding hydrogens is 382 g/mol. The van der Waals surface area contributed by atoms with E-state index in [0.29, 0.717) is 5.16 Å². The third-order valence-corrected chi connectivity index (χ3v) is 5.87. The maximum Gasteiger partial charge on any atom is 0.233 e. The minimum atomic E-state index is -0.303. The van der Waals surface area contributed by atoms with E-state index < -0.39 is 0 Å². The molecule has 6 nitrogen and oxygen atoms in total. The molecular formula is C22H27N5OS. The van der Waals surface area contributed by atoms with Gasteiger partial charge in [0.1, 0.15) is 0 Å². The number of amides is 1. The van der Waals surface area contributed by atoms with E-state index in [4.69, 9.17) is 0 Å². The highest BCUT2D eigenvalue weighted by Gasteiger charge is 2.21. The Morgan fingerprint density at radius 1 is 1.07 bits per heavy atom. The number of nitrogens with zero attached hydrogens (tertiary/aromatic N) is 4. The van der Waals surface area contributed by atoms with Crippen molar-refractivity contribution in [2.24, 2.45) is 0 Å². The molecule has 0 bridgehead atoms. The molecule has 3 aromatic rings. The monoisotopic (exact) mass is 409 g/mol. The van der Waals surface area contributed by atoms with Crippen molar-refractivity contribution >= 4 is 17.7 Å². The van der Waals surface area contributed by atoms with Crippen molar-refractivity contribution in [3.8, 4) is 5.69 Å². The molecule has 29 heavy (non-hydrogen) atoms. The van der Waals surface area contributed by atoms with Crippen LogP contribution in [0, 0.1) is 13.8 Å². The third kappa shape index (κ3) is 5.44. The minimum absolute atomic E-state index is 0.00776. The van der Waals surface area contributed by atoms with Gasteiger partial charge in [0.05, 0.1) is 10.9 Å². The van der Waals surface area contributed by atoms with E-state index in [2.05, 4.69) is 33.0 Å². The molecule has 0 unspecified atom stereocenters. The van der Waals surface area contributed by atoms with Gasteiger partial charge in [-0.3, -0.25) is 4.79 Å².